The summed E-state index contributed by atoms with van der Waals surface area (Å²) in [5.74, 6) is -0.0373. The van der Waals surface area contributed by atoms with Crippen molar-refractivity contribution in [1.82, 2.24) is 43.1 Å². The summed E-state index contributed by atoms with van der Waals surface area (Å²) in [7, 11) is 0.443. The molecule has 0 radical (unpaired) electrons. The lowest BCUT2D eigenvalue weighted by molar-refractivity contribution is 0.262. The first-order valence-corrected chi connectivity index (χ1v) is 26.6. The monoisotopic (exact) mass is 1390 g/mol. The molecule has 0 aliphatic heterocycles. The van der Waals surface area contributed by atoms with Crippen molar-refractivity contribution in [3.8, 4) is 51.0 Å². The first-order chi connectivity index (χ1) is 37.8. The highest BCUT2D eigenvalue weighted by atomic mass is 79.9. The van der Waals surface area contributed by atoms with Crippen molar-refractivity contribution in [2.24, 2.45) is 0 Å². The van der Waals surface area contributed by atoms with E-state index in [1.807, 2.05) is 111 Å². The number of fused-ring (bicyclic) bond motifs is 9. The minimum atomic E-state index is -1.00. The highest BCUT2D eigenvalue weighted by molar-refractivity contribution is 9.69. The lowest BCUT2D eigenvalue weighted by Gasteiger charge is -2.07. The maximum Gasteiger partial charge on any atom is 0.369 e. The van der Waals surface area contributed by atoms with Gasteiger partial charge in [0, 0.05) is 40.6 Å². The van der Waals surface area contributed by atoms with Gasteiger partial charge in [0.1, 0.15) is 13.3 Å². The van der Waals surface area contributed by atoms with E-state index in [9.17, 15) is 31.4 Å². The summed E-state index contributed by atoms with van der Waals surface area (Å²) >= 11 is 12.2. The maximum absolute atomic E-state index is 14.0. The molecular formula is C59H62BBr4F6N9O3. The van der Waals surface area contributed by atoms with Crippen LogP contribution in [0.3, 0.4) is 0 Å². The van der Waals surface area contributed by atoms with Crippen molar-refractivity contribution < 1.29 is 42.3 Å². The molecule has 0 spiro atoms. The third-order valence-corrected chi connectivity index (χ3v) is 11.2. The largest absolute Gasteiger partial charge is 0.505 e. The second-order valence-corrected chi connectivity index (χ2v) is 22.8. The minimum absolute atomic E-state index is 0. The number of hydrogen-bond acceptors (Lipinski definition) is 9. The van der Waals surface area contributed by atoms with E-state index in [4.69, 9.17) is 10.8 Å². The second kappa shape index (κ2) is 34.4. The lowest BCUT2D eigenvalue weighted by Crippen LogP contribution is -2.00. The standard InChI is InChI=1S/C18H13F2N3O.C17H12FN3O.C16H10FN3O.C2H4BrF.CH3F.5CH4.BBr3/c19-8-10-24-17-6-5-12(11-13(17)20)14-7-9-23-16-4-2-1-3-15(16)22-18(23)21-14;1-22-16-7-6-11(10-12(16)18)13-8-9-21-15-5-3-2-4-14(15)20-17(21)19-13;17-11-9-10(5-6-15(11)21)12-7-8-20-14-4-2-1-3-13(14)19-16(20)18-12;3-1-2-4;1-2;;;;;;2-1(3)4/h1-7,9,11H,8,10H2;2-10H,1H3;1-9,21H;1-2H2;1H3;5*1H4;/i;;;;1D;;;;;;. The molecule has 82 heavy (non-hydrogen) atoms. The number of phenolic OH excluding ortho intramolecular Hbond substituents is 1. The van der Waals surface area contributed by atoms with Crippen molar-refractivity contribution in [1.29, 1.82) is 0 Å². The molecule has 0 amide bonds. The van der Waals surface area contributed by atoms with Gasteiger partial charge >= 0.3 is 3.18 Å². The third-order valence-electron chi connectivity index (χ3n) is 10.9. The molecule has 12 rings (SSSR count). The fourth-order valence-corrected chi connectivity index (χ4v) is 7.54. The van der Waals surface area contributed by atoms with Gasteiger partial charge in [-0.15, -0.1) is 47.3 Å². The second-order valence-electron chi connectivity index (χ2n) is 15.6. The van der Waals surface area contributed by atoms with Crippen LogP contribution in [-0.2, 0) is 0 Å². The van der Waals surface area contributed by atoms with E-state index in [2.05, 4.69) is 93.1 Å². The normalized spacial score (nSPS) is 10.1. The van der Waals surface area contributed by atoms with Gasteiger partial charge in [-0.2, -0.15) is 0 Å². The van der Waals surface area contributed by atoms with Crippen LogP contribution in [0.4, 0.5) is 26.3 Å². The van der Waals surface area contributed by atoms with Crippen LogP contribution in [0, 0.1) is 17.5 Å². The van der Waals surface area contributed by atoms with Crippen molar-refractivity contribution in [3.63, 3.8) is 0 Å². The molecule has 0 saturated heterocycles. The number of hydrogen-bond donors (Lipinski definition) is 1. The smallest absolute Gasteiger partial charge is 0.369 e. The molecule has 6 aromatic heterocycles. The molecule has 0 atom stereocenters. The summed E-state index contributed by atoms with van der Waals surface area (Å²) in [5, 5.41) is 9.71. The molecule has 12 nitrogen and oxygen atoms in total. The predicted molar refractivity (Wildman–Crippen MR) is 340 cm³/mol. The van der Waals surface area contributed by atoms with Crippen LogP contribution in [0.2, 0.25) is 0 Å². The fraction of sp³-hybridized carbons (Fsp3) is 0.186. The maximum atomic E-state index is 14.0. The minimum Gasteiger partial charge on any atom is -0.505 e. The summed E-state index contributed by atoms with van der Waals surface area (Å²) in [4.78, 5) is 26.9. The van der Waals surface area contributed by atoms with E-state index in [0.29, 0.717) is 56.4 Å². The highest BCUT2D eigenvalue weighted by Crippen LogP contribution is 2.29. The summed E-state index contributed by atoms with van der Waals surface area (Å²) in [6, 6.07) is 42.3. The highest BCUT2D eigenvalue weighted by Gasteiger charge is 2.13. The van der Waals surface area contributed by atoms with Crippen molar-refractivity contribution in [3.05, 3.63) is 182 Å². The number of phenols is 1. The Morgan fingerprint density at radius 2 is 0.841 bits per heavy atom. The fourth-order valence-electron chi connectivity index (χ4n) is 7.54. The number of aromatic hydroxyl groups is 1. The number of nitrogens with zero attached hydrogens (tertiary/aromatic N) is 9. The lowest BCUT2D eigenvalue weighted by atomic mass is 10.1. The Morgan fingerprint density at radius 1 is 0.512 bits per heavy atom. The van der Waals surface area contributed by atoms with Gasteiger partial charge in [0.05, 0.1) is 72.5 Å². The topological polar surface area (TPSA) is 129 Å². The molecule has 0 bridgehead atoms. The number of alkyl halides is 4. The van der Waals surface area contributed by atoms with Gasteiger partial charge in [0.25, 0.3) is 0 Å². The van der Waals surface area contributed by atoms with Crippen LogP contribution < -0.4 is 9.47 Å². The van der Waals surface area contributed by atoms with Gasteiger partial charge in [-0.3, -0.25) is 22.0 Å². The van der Waals surface area contributed by atoms with E-state index < -0.39 is 31.3 Å². The van der Waals surface area contributed by atoms with E-state index in [1.54, 1.807) is 36.4 Å². The number of para-hydroxylation sites is 6. The zero-order valence-electron chi connectivity index (χ0n) is 41.3. The molecule has 0 unspecified atom stereocenters. The van der Waals surface area contributed by atoms with Crippen LogP contribution in [0.5, 0.6) is 17.2 Å². The Labute approximate surface area is 508 Å². The average molecular weight is 1390 g/mol. The Balaban J connectivity index is 0.000000380. The number of aromatic nitrogens is 9. The molecule has 0 fully saturated rings. The van der Waals surface area contributed by atoms with Crippen molar-refractivity contribution in [2.75, 3.05) is 39.5 Å². The summed E-state index contributed by atoms with van der Waals surface area (Å²) in [5.41, 5.74) is 9.31. The first kappa shape index (κ1) is 69.2. The molecular weight excluding hydrogens is 1330 g/mol. The van der Waals surface area contributed by atoms with Crippen molar-refractivity contribution in [2.45, 2.75) is 37.1 Å². The Morgan fingerprint density at radius 3 is 1.16 bits per heavy atom. The van der Waals surface area contributed by atoms with Crippen LogP contribution >= 0.6 is 63.2 Å². The van der Waals surface area contributed by atoms with Gasteiger partial charge in [0.15, 0.2) is 34.7 Å². The molecule has 6 heterocycles. The van der Waals surface area contributed by atoms with Crippen LogP contribution in [0.25, 0.3) is 84.2 Å². The summed E-state index contributed by atoms with van der Waals surface area (Å²) < 4.78 is 95.5. The predicted octanol–water partition coefficient (Wildman–Crippen LogP) is 18.4. The molecule has 23 heteroatoms. The molecule has 0 aliphatic rings. The average Bonchev–Trinajstić information content (AvgIpc) is 4.28. The number of halogens is 10. The summed E-state index contributed by atoms with van der Waals surface area (Å²) in [6.45, 7) is -1.09. The summed E-state index contributed by atoms with van der Waals surface area (Å²) in [6.07, 6.45) is 5.62. The van der Waals surface area contributed by atoms with Crippen LogP contribution in [0.15, 0.2) is 164 Å². The molecule has 6 aromatic carbocycles. The number of imidazole rings is 3. The van der Waals surface area contributed by atoms with Gasteiger partial charge in [-0.05, 0) is 109 Å². The van der Waals surface area contributed by atoms with Crippen molar-refractivity contribution >= 4 is 117 Å². The number of ether oxygens (including phenoxy) is 2. The molecule has 0 saturated carbocycles. The Hall–Kier alpha value is -7.08. The molecule has 12 aromatic rings. The number of methoxy groups -OCH3 is 1. The van der Waals surface area contributed by atoms with E-state index in [0.717, 1.165) is 33.1 Å². The molecule has 1 N–H and O–H groups in total. The zero-order chi connectivity index (χ0) is 55.7. The Kier molecular flexibility index (Phi) is 29.0. The molecule has 434 valence electrons. The Bertz CT molecular complexity index is 3940. The van der Waals surface area contributed by atoms with Gasteiger partial charge in [-0.25, -0.2) is 47.5 Å². The van der Waals surface area contributed by atoms with E-state index in [-0.39, 0.29) is 70.8 Å². The quantitative estimate of drug-likeness (QED) is 0.0898. The van der Waals surface area contributed by atoms with E-state index >= 15 is 0 Å². The third kappa shape index (κ3) is 17.5. The van der Waals surface area contributed by atoms with Crippen LogP contribution in [-0.4, -0.2) is 90.9 Å². The zero-order valence-corrected chi connectivity index (χ0v) is 46.6. The van der Waals surface area contributed by atoms with Crippen LogP contribution in [0.1, 0.15) is 38.5 Å². The van der Waals surface area contributed by atoms with E-state index in [1.165, 1.54) is 37.4 Å². The number of rotatable bonds is 8. The van der Waals surface area contributed by atoms with Gasteiger partial charge in [0.2, 0.25) is 17.3 Å². The van der Waals surface area contributed by atoms with Gasteiger partial charge in [-0.1, -0.05) is 89.5 Å². The number of benzene rings is 6. The first-order valence-electron chi connectivity index (χ1n) is 23.4. The SMILES string of the molecule is BrB(Br)Br.C.C.C.C.C.COc1ccc(-c2ccn3c(n2)nc2ccccc23)cc1F.FCCBr.FCCOc1ccc(-c2ccn3c(n2)nc2ccccc23)cc1F.Oc1ccc(-c2ccn3c(n2)nc2ccccc23)cc1F.[2H]CF. The van der Waals surface area contributed by atoms with Gasteiger partial charge < -0.3 is 14.6 Å². The molecule has 0 aliphatic carbocycles.